The van der Waals surface area contributed by atoms with Gasteiger partial charge in [0.05, 0.1) is 13.7 Å². The Labute approximate surface area is 169 Å². The first kappa shape index (κ1) is 22.3. The van der Waals surface area contributed by atoms with E-state index in [1.807, 2.05) is 24.3 Å². The monoisotopic (exact) mass is 387 g/mol. The number of terminal acetylenes is 1. The number of aliphatic hydroxyl groups excluding tert-OH is 1. The van der Waals surface area contributed by atoms with E-state index in [4.69, 9.17) is 15.9 Å². The first-order valence-electron chi connectivity index (χ1n) is 9.71. The Balaban J connectivity index is 1.93. The molecule has 1 aliphatic rings. The van der Waals surface area contributed by atoms with Gasteiger partial charge in [-0.1, -0.05) is 18.1 Å². The van der Waals surface area contributed by atoms with Crippen LogP contribution in [0.25, 0.3) is 0 Å². The van der Waals surface area contributed by atoms with Crippen LogP contribution in [0.5, 0.6) is 11.5 Å². The van der Waals surface area contributed by atoms with Gasteiger partial charge >= 0.3 is 0 Å². The van der Waals surface area contributed by atoms with Gasteiger partial charge in [-0.25, -0.2) is 0 Å². The molecule has 6 heteroatoms. The first-order valence-corrected chi connectivity index (χ1v) is 9.71. The van der Waals surface area contributed by atoms with E-state index >= 15 is 0 Å². The van der Waals surface area contributed by atoms with Crippen molar-refractivity contribution < 1.29 is 14.6 Å². The maximum atomic E-state index is 10.4. The van der Waals surface area contributed by atoms with E-state index in [2.05, 4.69) is 34.2 Å². The summed E-state index contributed by atoms with van der Waals surface area (Å²) in [7, 11) is 3.74. The number of hydrogen-bond acceptors (Lipinski definition) is 6. The Morgan fingerprint density at radius 1 is 1.32 bits per heavy atom. The van der Waals surface area contributed by atoms with Gasteiger partial charge in [0.25, 0.3) is 0 Å². The molecule has 1 aliphatic heterocycles. The summed E-state index contributed by atoms with van der Waals surface area (Å²) in [5.41, 5.74) is 1.07. The highest BCUT2D eigenvalue weighted by Gasteiger charge is 2.18. The molecule has 0 aliphatic carbocycles. The molecule has 0 saturated carbocycles. The Hall–Kier alpha value is -2.04. The van der Waals surface area contributed by atoms with Crippen LogP contribution in [0.15, 0.2) is 30.9 Å². The molecule has 1 fully saturated rings. The lowest BCUT2D eigenvalue weighted by Crippen LogP contribution is -2.47. The van der Waals surface area contributed by atoms with Crippen molar-refractivity contribution in [2.75, 3.05) is 66.6 Å². The minimum Gasteiger partial charge on any atom is -0.493 e. The summed E-state index contributed by atoms with van der Waals surface area (Å²) in [5, 5.41) is 10.4. The van der Waals surface area contributed by atoms with Gasteiger partial charge in [-0.2, -0.15) is 0 Å². The molecule has 1 aromatic rings. The Morgan fingerprint density at radius 3 is 2.71 bits per heavy atom. The van der Waals surface area contributed by atoms with E-state index in [1.165, 1.54) is 0 Å². The van der Waals surface area contributed by atoms with Crippen LogP contribution in [0.4, 0.5) is 0 Å². The van der Waals surface area contributed by atoms with Crippen molar-refractivity contribution in [1.82, 2.24) is 14.7 Å². The fourth-order valence-electron chi connectivity index (χ4n) is 3.25. The van der Waals surface area contributed by atoms with Crippen molar-refractivity contribution in [3.63, 3.8) is 0 Å². The molecule has 6 nitrogen and oxygen atoms in total. The van der Waals surface area contributed by atoms with Crippen molar-refractivity contribution in [1.29, 1.82) is 0 Å². The van der Waals surface area contributed by atoms with E-state index in [-0.39, 0.29) is 6.61 Å². The lowest BCUT2D eigenvalue weighted by Gasteiger charge is -2.33. The van der Waals surface area contributed by atoms with Gasteiger partial charge in [-0.05, 0) is 24.7 Å². The number of piperazine rings is 1. The highest BCUT2D eigenvalue weighted by molar-refractivity contribution is 5.43. The Kier molecular flexibility index (Phi) is 9.32. The van der Waals surface area contributed by atoms with Crippen molar-refractivity contribution in [3.05, 3.63) is 36.4 Å². The van der Waals surface area contributed by atoms with E-state index in [9.17, 15) is 5.11 Å². The average Bonchev–Trinajstić information content (AvgIpc) is 2.69. The number of benzene rings is 1. The zero-order chi connectivity index (χ0) is 20.4. The summed E-state index contributed by atoms with van der Waals surface area (Å²) in [4.78, 5) is 6.68. The number of rotatable bonds is 11. The van der Waals surface area contributed by atoms with Crippen LogP contribution < -0.4 is 9.47 Å². The zero-order valence-corrected chi connectivity index (χ0v) is 17.1. The molecule has 28 heavy (non-hydrogen) atoms. The molecular formula is C22H33N3O3. The molecule has 1 aromatic carbocycles. The molecule has 1 unspecified atom stereocenters. The molecule has 1 heterocycles. The molecule has 1 saturated heterocycles. The Bertz CT molecular complexity index is 651. The number of β-amino-alcohol motifs (C(OH)–C–C–N with tert-alkyl or cyclic N) is 1. The van der Waals surface area contributed by atoms with Crippen LogP contribution in [0.1, 0.15) is 5.56 Å². The van der Waals surface area contributed by atoms with Crippen molar-refractivity contribution >= 4 is 0 Å². The van der Waals surface area contributed by atoms with Gasteiger partial charge in [0.15, 0.2) is 11.5 Å². The quantitative estimate of drug-likeness (QED) is 0.456. The molecule has 0 bridgehead atoms. The number of aliphatic hydroxyl groups is 1. The number of ether oxygens (including phenoxy) is 2. The van der Waals surface area contributed by atoms with Crippen LogP contribution in [0.2, 0.25) is 0 Å². The first-order chi connectivity index (χ1) is 13.5. The largest absolute Gasteiger partial charge is 0.493 e. The molecule has 154 valence electrons. The highest BCUT2D eigenvalue weighted by atomic mass is 16.5. The van der Waals surface area contributed by atoms with E-state index in [1.54, 1.807) is 7.11 Å². The van der Waals surface area contributed by atoms with Crippen LogP contribution in [-0.2, 0) is 6.54 Å². The molecule has 1 atom stereocenters. The van der Waals surface area contributed by atoms with Crippen molar-refractivity contribution in [2.24, 2.45) is 0 Å². The third-order valence-corrected chi connectivity index (χ3v) is 4.83. The Morgan fingerprint density at radius 2 is 2.07 bits per heavy atom. The van der Waals surface area contributed by atoms with Crippen LogP contribution >= 0.6 is 0 Å². The molecule has 0 aromatic heterocycles. The maximum Gasteiger partial charge on any atom is 0.161 e. The van der Waals surface area contributed by atoms with Gasteiger partial charge in [-0.3, -0.25) is 9.80 Å². The second-order valence-electron chi connectivity index (χ2n) is 7.22. The third kappa shape index (κ3) is 7.17. The number of methoxy groups -OCH3 is 1. The lowest BCUT2D eigenvalue weighted by molar-refractivity contribution is 0.0497. The summed E-state index contributed by atoms with van der Waals surface area (Å²) in [6, 6.07) is 5.84. The fourth-order valence-corrected chi connectivity index (χ4v) is 3.25. The van der Waals surface area contributed by atoms with E-state index in [0.717, 1.165) is 38.3 Å². The second-order valence-corrected chi connectivity index (χ2v) is 7.22. The number of hydrogen-bond donors (Lipinski definition) is 1. The summed E-state index contributed by atoms with van der Waals surface area (Å²) in [6.07, 6.45) is 6.74. The van der Waals surface area contributed by atoms with Gasteiger partial charge in [0.1, 0.15) is 12.7 Å². The summed E-state index contributed by atoms with van der Waals surface area (Å²) in [6.45, 7) is 10.6. The maximum absolute atomic E-state index is 10.4. The van der Waals surface area contributed by atoms with Gasteiger partial charge in [0.2, 0.25) is 0 Å². The minimum absolute atomic E-state index is 0.229. The molecule has 0 amide bonds. The second kappa shape index (κ2) is 11.7. The minimum atomic E-state index is -0.546. The van der Waals surface area contributed by atoms with Crippen LogP contribution in [0, 0.1) is 12.3 Å². The standard InChI is InChI=1S/C22H33N3O3/c1-5-9-24(10-6-2)16-19-7-8-21(27-4)22(15-19)28-18-20(26)17-25-13-11-23(3)12-14-25/h1,6-8,15,20,26H,2,9-14,16-18H2,3-4H3. The van der Waals surface area contributed by atoms with E-state index < -0.39 is 6.10 Å². The van der Waals surface area contributed by atoms with Gasteiger partial charge in [0, 0.05) is 45.8 Å². The van der Waals surface area contributed by atoms with Crippen LogP contribution in [-0.4, -0.2) is 92.5 Å². The third-order valence-electron chi connectivity index (χ3n) is 4.83. The van der Waals surface area contributed by atoms with Gasteiger partial charge < -0.3 is 19.5 Å². The van der Waals surface area contributed by atoms with Crippen molar-refractivity contribution in [3.8, 4) is 23.8 Å². The SMILES string of the molecule is C#CCN(CC=C)Cc1ccc(OC)c(OCC(O)CN2CCN(C)CC2)c1. The highest BCUT2D eigenvalue weighted by Crippen LogP contribution is 2.28. The molecular weight excluding hydrogens is 354 g/mol. The fraction of sp³-hybridized carbons (Fsp3) is 0.545. The van der Waals surface area contributed by atoms with Crippen molar-refractivity contribution in [2.45, 2.75) is 12.6 Å². The lowest BCUT2D eigenvalue weighted by atomic mass is 10.2. The van der Waals surface area contributed by atoms with Gasteiger partial charge in [-0.15, -0.1) is 13.0 Å². The smallest absolute Gasteiger partial charge is 0.161 e. The molecule has 0 spiro atoms. The predicted octanol–water partition coefficient (Wildman–Crippen LogP) is 1.30. The average molecular weight is 388 g/mol. The molecule has 0 radical (unpaired) electrons. The number of likely N-dealkylation sites (N-methyl/N-ethyl adjacent to an activating group) is 1. The topological polar surface area (TPSA) is 48.4 Å². The summed E-state index contributed by atoms with van der Waals surface area (Å²) >= 11 is 0. The molecule has 2 rings (SSSR count). The summed E-state index contributed by atoms with van der Waals surface area (Å²) in [5.74, 6) is 3.96. The normalized spacial score (nSPS) is 16.5. The summed E-state index contributed by atoms with van der Waals surface area (Å²) < 4.78 is 11.3. The predicted molar refractivity (Wildman–Crippen MR) is 113 cm³/mol. The zero-order valence-electron chi connectivity index (χ0n) is 17.1. The van der Waals surface area contributed by atoms with E-state index in [0.29, 0.717) is 31.1 Å². The number of nitrogens with zero attached hydrogens (tertiary/aromatic N) is 3. The van der Waals surface area contributed by atoms with Crippen LogP contribution in [0.3, 0.4) is 0 Å². The molecule has 1 N–H and O–H groups in total.